The van der Waals surface area contributed by atoms with Gasteiger partial charge in [0.25, 0.3) is 5.56 Å². The molecule has 1 amide bonds. The van der Waals surface area contributed by atoms with Crippen LogP contribution in [-0.2, 0) is 4.79 Å². The lowest BCUT2D eigenvalue weighted by Crippen LogP contribution is -2.33. The van der Waals surface area contributed by atoms with Crippen molar-refractivity contribution in [2.75, 3.05) is 5.43 Å². The molecule has 8 heteroatoms. The molecule has 7 nitrogen and oxygen atoms in total. The van der Waals surface area contributed by atoms with Gasteiger partial charge in [0.1, 0.15) is 11.7 Å². The standard InChI is InChI=1S/C16H16ClN5O2/c1-2-3-7-14(23)20-21-10-18-15-13(16(21)24)9-19-22(15)12-6-4-5-11(17)8-12/h4-6,8-10H,2-3,7H2,1H3,(H,20,23). The van der Waals surface area contributed by atoms with Gasteiger partial charge in [-0.25, -0.2) is 14.3 Å². The molecule has 3 rings (SSSR count). The van der Waals surface area contributed by atoms with Crippen molar-refractivity contribution in [1.82, 2.24) is 19.4 Å². The van der Waals surface area contributed by atoms with Gasteiger partial charge in [0.2, 0.25) is 5.91 Å². The lowest BCUT2D eigenvalue weighted by Gasteiger charge is -2.08. The van der Waals surface area contributed by atoms with Gasteiger partial charge in [0.15, 0.2) is 5.65 Å². The highest BCUT2D eigenvalue weighted by molar-refractivity contribution is 6.30. The van der Waals surface area contributed by atoms with Crippen LogP contribution in [0.15, 0.2) is 41.6 Å². The molecule has 2 aromatic heterocycles. The summed E-state index contributed by atoms with van der Waals surface area (Å²) in [4.78, 5) is 28.5. The summed E-state index contributed by atoms with van der Waals surface area (Å²) < 4.78 is 2.62. The maximum Gasteiger partial charge on any atom is 0.283 e. The number of rotatable bonds is 5. The minimum atomic E-state index is -0.377. The van der Waals surface area contributed by atoms with Crippen molar-refractivity contribution in [2.24, 2.45) is 0 Å². The molecule has 124 valence electrons. The van der Waals surface area contributed by atoms with Crippen molar-refractivity contribution in [2.45, 2.75) is 26.2 Å². The molecule has 1 N–H and O–H groups in total. The Hall–Kier alpha value is -2.67. The summed E-state index contributed by atoms with van der Waals surface area (Å²) in [6.07, 6.45) is 4.76. The van der Waals surface area contributed by atoms with Gasteiger partial charge in [0, 0.05) is 11.4 Å². The fourth-order valence-corrected chi connectivity index (χ4v) is 2.50. The van der Waals surface area contributed by atoms with Crippen LogP contribution in [0.3, 0.4) is 0 Å². The highest BCUT2D eigenvalue weighted by atomic mass is 35.5. The first-order valence-corrected chi connectivity index (χ1v) is 7.99. The van der Waals surface area contributed by atoms with E-state index in [-0.39, 0.29) is 11.5 Å². The predicted molar refractivity (Wildman–Crippen MR) is 92.0 cm³/mol. The van der Waals surface area contributed by atoms with Gasteiger partial charge in [-0.2, -0.15) is 5.10 Å². The molecule has 0 saturated heterocycles. The van der Waals surface area contributed by atoms with Crippen LogP contribution in [0.2, 0.25) is 5.02 Å². The van der Waals surface area contributed by atoms with Gasteiger partial charge in [-0.15, -0.1) is 0 Å². The summed E-state index contributed by atoms with van der Waals surface area (Å²) in [5.74, 6) is -0.220. The zero-order valence-corrected chi connectivity index (χ0v) is 13.8. The fraction of sp³-hybridized carbons (Fsp3) is 0.250. The Morgan fingerprint density at radius 3 is 2.96 bits per heavy atom. The number of hydrogen-bond donors (Lipinski definition) is 1. The van der Waals surface area contributed by atoms with Crippen LogP contribution in [0.4, 0.5) is 0 Å². The van der Waals surface area contributed by atoms with Crippen molar-refractivity contribution >= 4 is 28.5 Å². The largest absolute Gasteiger partial charge is 0.283 e. The van der Waals surface area contributed by atoms with E-state index in [2.05, 4.69) is 15.5 Å². The van der Waals surface area contributed by atoms with E-state index in [0.29, 0.717) is 28.2 Å². The Morgan fingerprint density at radius 2 is 2.21 bits per heavy atom. The molecule has 0 aliphatic rings. The normalized spacial score (nSPS) is 10.9. The minimum Gasteiger partial charge on any atom is -0.273 e. The summed E-state index contributed by atoms with van der Waals surface area (Å²) >= 11 is 5.99. The summed E-state index contributed by atoms with van der Waals surface area (Å²) in [7, 11) is 0. The number of halogens is 1. The quantitative estimate of drug-likeness (QED) is 0.770. The van der Waals surface area contributed by atoms with E-state index < -0.39 is 0 Å². The molecule has 3 aromatic rings. The fourth-order valence-electron chi connectivity index (χ4n) is 2.32. The minimum absolute atomic E-state index is 0.220. The van der Waals surface area contributed by atoms with Crippen molar-refractivity contribution in [3.8, 4) is 5.69 Å². The molecule has 0 bridgehead atoms. The van der Waals surface area contributed by atoms with Crippen LogP contribution in [-0.4, -0.2) is 25.3 Å². The van der Waals surface area contributed by atoms with Gasteiger partial charge >= 0.3 is 0 Å². The highest BCUT2D eigenvalue weighted by Crippen LogP contribution is 2.17. The van der Waals surface area contributed by atoms with Crippen LogP contribution in [0, 0.1) is 0 Å². The Morgan fingerprint density at radius 1 is 1.38 bits per heavy atom. The number of carbonyl (C=O) groups is 1. The first kappa shape index (κ1) is 16.2. The molecular weight excluding hydrogens is 330 g/mol. The highest BCUT2D eigenvalue weighted by Gasteiger charge is 2.12. The molecule has 0 fully saturated rings. The van der Waals surface area contributed by atoms with Crippen LogP contribution in [0.1, 0.15) is 26.2 Å². The van der Waals surface area contributed by atoms with E-state index in [0.717, 1.165) is 17.5 Å². The summed E-state index contributed by atoms with van der Waals surface area (Å²) in [5.41, 5.74) is 3.27. The van der Waals surface area contributed by atoms with Gasteiger partial charge in [-0.05, 0) is 24.6 Å². The molecule has 0 aliphatic heterocycles. The molecule has 2 heterocycles. The van der Waals surface area contributed by atoms with Crippen LogP contribution in [0.25, 0.3) is 16.7 Å². The van der Waals surface area contributed by atoms with Crippen molar-refractivity contribution < 1.29 is 4.79 Å². The monoisotopic (exact) mass is 345 g/mol. The third-order valence-corrected chi connectivity index (χ3v) is 3.78. The average molecular weight is 346 g/mol. The van der Waals surface area contributed by atoms with Crippen LogP contribution in [0.5, 0.6) is 0 Å². The van der Waals surface area contributed by atoms with Gasteiger partial charge in [0.05, 0.1) is 11.9 Å². The maximum absolute atomic E-state index is 12.5. The number of aromatic nitrogens is 4. The third kappa shape index (κ3) is 3.16. The number of hydrogen-bond acceptors (Lipinski definition) is 4. The van der Waals surface area contributed by atoms with E-state index in [1.165, 1.54) is 17.2 Å². The molecule has 0 spiro atoms. The Balaban J connectivity index is 1.97. The van der Waals surface area contributed by atoms with Gasteiger partial charge in [-0.1, -0.05) is 31.0 Å². The predicted octanol–water partition coefficient (Wildman–Crippen LogP) is 2.50. The average Bonchev–Trinajstić information content (AvgIpc) is 3.00. The first-order valence-electron chi connectivity index (χ1n) is 7.61. The zero-order valence-electron chi connectivity index (χ0n) is 13.1. The SMILES string of the molecule is CCCCC(=O)Nn1cnc2c(cnn2-c2cccc(Cl)c2)c1=O. The molecule has 0 saturated carbocycles. The summed E-state index contributed by atoms with van der Waals surface area (Å²) in [5, 5.41) is 5.08. The summed E-state index contributed by atoms with van der Waals surface area (Å²) in [6.45, 7) is 2.00. The molecule has 0 unspecified atom stereocenters. The van der Waals surface area contributed by atoms with E-state index in [1.54, 1.807) is 18.2 Å². The molecule has 24 heavy (non-hydrogen) atoms. The molecule has 1 aromatic carbocycles. The second-order valence-electron chi connectivity index (χ2n) is 5.33. The van der Waals surface area contributed by atoms with E-state index in [4.69, 9.17) is 11.6 Å². The lowest BCUT2D eigenvalue weighted by atomic mass is 10.2. The van der Waals surface area contributed by atoms with Crippen molar-refractivity contribution in [3.05, 3.63) is 52.2 Å². The second kappa shape index (κ2) is 6.84. The zero-order chi connectivity index (χ0) is 17.1. The number of unbranched alkanes of at least 4 members (excludes halogenated alkanes) is 1. The number of nitrogens with one attached hydrogen (secondary N) is 1. The van der Waals surface area contributed by atoms with Crippen molar-refractivity contribution in [3.63, 3.8) is 0 Å². The Bertz CT molecular complexity index is 947. The summed E-state index contributed by atoms with van der Waals surface area (Å²) in [6, 6.07) is 7.09. The van der Waals surface area contributed by atoms with Crippen molar-refractivity contribution in [1.29, 1.82) is 0 Å². The second-order valence-corrected chi connectivity index (χ2v) is 5.77. The topological polar surface area (TPSA) is 81.8 Å². The lowest BCUT2D eigenvalue weighted by molar-refractivity contribution is -0.117. The van der Waals surface area contributed by atoms with Gasteiger partial charge < -0.3 is 0 Å². The van der Waals surface area contributed by atoms with E-state index in [9.17, 15) is 9.59 Å². The Labute approximate surface area is 142 Å². The number of amides is 1. The molecule has 0 radical (unpaired) electrons. The third-order valence-electron chi connectivity index (χ3n) is 3.54. The van der Waals surface area contributed by atoms with E-state index >= 15 is 0 Å². The van der Waals surface area contributed by atoms with Crippen LogP contribution >= 0.6 is 11.6 Å². The number of nitrogens with zero attached hydrogens (tertiary/aromatic N) is 4. The maximum atomic E-state index is 12.5. The number of carbonyl (C=O) groups excluding carboxylic acids is 1. The molecule has 0 aliphatic carbocycles. The number of fused-ring (bicyclic) bond motifs is 1. The molecule has 0 atom stereocenters. The first-order chi connectivity index (χ1) is 11.6. The smallest absolute Gasteiger partial charge is 0.273 e. The Kier molecular flexibility index (Phi) is 4.61. The number of benzene rings is 1. The van der Waals surface area contributed by atoms with Gasteiger partial charge in [-0.3, -0.25) is 15.0 Å². The van der Waals surface area contributed by atoms with E-state index in [1.807, 2.05) is 13.0 Å². The molecular formula is C16H16ClN5O2. The van der Waals surface area contributed by atoms with Crippen LogP contribution < -0.4 is 11.0 Å².